The van der Waals surface area contributed by atoms with Crippen molar-refractivity contribution >= 4 is 5.91 Å². The summed E-state index contributed by atoms with van der Waals surface area (Å²) >= 11 is 0. The average Bonchev–Trinajstić information content (AvgIpc) is 2.52. The van der Waals surface area contributed by atoms with Crippen molar-refractivity contribution in [3.05, 3.63) is 53.9 Å². The molecular weight excluding hydrogens is 268 g/mol. The molecule has 1 aromatic carbocycles. The highest BCUT2D eigenvalue weighted by molar-refractivity contribution is 5.95. The van der Waals surface area contributed by atoms with Crippen LogP contribution in [0.4, 0.5) is 0 Å². The third kappa shape index (κ3) is 3.95. The zero-order chi connectivity index (χ0) is 15.1. The molecule has 0 saturated heterocycles. The number of hydrogen-bond acceptors (Lipinski definition) is 4. The van der Waals surface area contributed by atoms with Crippen LogP contribution in [0.3, 0.4) is 0 Å². The van der Waals surface area contributed by atoms with E-state index in [-0.39, 0.29) is 17.2 Å². The molecule has 2 N–H and O–H groups in total. The van der Waals surface area contributed by atoms with Crippen molar-refractivity contribution in [3.8, 4) is 11.5 Å². The number of benzene rings is 1. The average molecular weight is 286 g/mol. The topological polar surface area (TPSA) is 71.5 Å². The van der Waals surface area contributed by atoms with E-state index < -0.39 is 5.91 Å². The van der Waals surface area contributed by atoms with E-state index in [9.17, 15) is 9.90 Å². The number of pyridine rings is 1. The van der Waals surface area contributed by atoms with E-state index in [1.165, 1.54) is 24.9 Å². The van der Waals surface area contributed by atoms with Gasteiger partial charge >= 0.3 is 0 Å². The fourth-order valence-corrected chi connectivity index (χ4v) is 1.99. The highest BCUT2D eigenvalue weighted by Gasteiger charge is 2.15. The van der Waals surface area contributed by atoms with Crippen molar-refractivity contribution in [1.82, 2.24) is 10.3 Å². The maximum absolute atomic E-state index is 12.0. The number of nitrogens with zero attached hydrogens (tertiary/aromatic N) is 1. The minimum atomic E-state index is -0.403. The van der Waals surface area contributed by atoms with Gasteiger partial charge in [0.05, 0.1) is 7.11 Å². The fraction of sp³-hybridized carbons (Fsp3) is 0.250. The van der Waals surface area contributed by atoms with Crippen molar-refractivity contribution in [1.29, 1.82) is 0 Å². The highest BCUT2D eigenvalue weighted by atomic mass is 16.5. The van der Waals surface area contributed by atoms with E-state index in [0.717, 1.165) is 12.8 Å². The van der Waals surface area contributed by atoms with Gasteiger partial charge in [-0.2, -0.15) is 0 Å². The van der Waals surface area contributed by atoms with Crippen LogP contribution in [0.2, 0.25) is 0 Å². The Labute approximate surface area is 123 Å². The van der Waals surface area contributed by atoms with E-state index in [4.69, 9.17) is 4.74 Å². The van der Waals surface area contributed by atoms with Gasteiger partial charge in [-0.1, -0.05) is 30.3 Å². The number of carbonyl (C=O) groups is 1. The fourth-order valence-electron chi connectivity index (χ4n) is 1.99. The third-order valence-corrected chi connectivity index (χ3v) is 3.09. The molecule has 5 nitrogen and oxygen atoms in total. The molecule has 0 radical (unpaired) electrons. The van der Waals surface area contributed by atoms with Crippen molar-refractivity contribution < 1.29 is 14.6 Å². The van der Waals surface area contributed by atoms with Gasteiger partial charge in [-0.05, 0) is 18.4 Å². The summed E-state index contributed by atoms with van der Waals surface area (Å²) in [5.74, 6) is -0.403. The molecule has 2 aromatic rings. The second-order valence-electron chi connectivity index (χ2n) is 4.56. The molecule has 0 aliphatic heterocycles. The molecule has 0 unspecified atom stereocenters. The highest BCUT2D eigenvalue weighted by Crippen LogP contribution is 2.27. The molecular formula is C16H18N2O3. The standard InChI is InChI=1S/C16H18N2O3/c1-21-13-9-11-17-14(15(13)19)16(20)18-10-5-8-12-6-3-2-4-7-12/h2-4,6-7,9,11,19H,5,8,10H2,1H3,(H,18,20). The molecule has 0 saturated carbocycles. The summed E-state index contributed by atoms with van der Waals surface area (Å²) in [4.78, 5) is 15.8. The smallest absolute Gasteiger partial charge is 0.273 e. The van der Waals surface area contributed by atoms with Crippen LogP contribution in [0, 0.1) is 0 Å². The van der Waals surface area contributed by atoms with Gasteiger partial charge in [0.25, 0.3) is 5.91 Å². The summed E-state index contributed by atoms with van der Waals surface area (Å²) in [6.45, 7) is 0.520. The van der Waals surface area contributed by atoms with Crippen molar-refractivity contribution in [3.63, 3.8) is 0 Å². The zero-order valence-corrected chi connectivity index (χ0v) is 11.9. The Kier molecular flexibility index (Phi) is 5.15. The number of aromatic nitrogens is 1. The molecule has 21 heavy (non-hydrogen) atoms. The number of rotatable bonds is 6. The number of aryl methyl sites for hydroxylation is 1. The lowest BCUT2D eigenvalue weighted by molar-refractivity contribution is 0.0944. The molecule has 0 bridgehead atoms. The molecule has 5 heteroatoms. The van der Waals surface area contributed by atoms with Crippen LogP contribution in [-0.4, -0.2) is 29.7 Å². The zero-order valence-electron chi connectivity index (χ0n) is 11.9. The van der Waals surface area contributed by atoms with Crippen LogP contribution in [-0.2, 0) is 6.42 Å². The summed E-state index contributed by atoms with van der Waals surface area (Å²) < 4.78 is 4.95. The van der Waals surface area contributed by atoms with Crippen molar-refractivity contribution in [2.75, 3.05) is 13.7 Å². The number of methoxy groups -OCH3 is 1. The van der Waals surface area contributed by atoms with Crippen molar-refractivity contribution in [2.24, 2.45) is 0 Å². The number of ether oxygens (including phenoxy) is 1. The Morgan fingerprint density at radius 2 is 2.05 bits per heavy atom. The van der Waals surface area contributed by atoms with E-state index in [0.29, 0.717) is 6.54 Å². The van der Waals surface area contributed by atoms with Gasteiger partial charge in [0, 0.05) is 18.8 Å². The predicted molar refractivity (Wildman–Crippen MR) is 79.6 cm³/mol. The second kappa shape index (κ2) is 7.28. The molecule has 0 atom stereocenters. The van der Waals surface area contributed by atoms with Crippen LogP contribution in [0.15, 0.2) is 42.6 Å². The maximum atomic E-state index is 12.0. The number of nitrogens with one attached hydrogen (secondary N) is 1. The molecule has 2 rings (SSSR count). The Bertz CT molecular complexity index is 600. The molecule has 1 aromatic heterocycles. The molecule has 0 aliphatic rings. The number of amides is 1. The van der Waals surface area contributed by atoms with Crippen LogP contribution in [0.1, 0.15) is 22.5 Å². The SMILES string of the molecule is COc1ccnc(C(=O)NCCCc2ccccc2)c1O. The lowest BCUT2D eigenvalue weighted by Crippen LogP contribution is -2.25. The van der Waals surface area contributed by atoms with E-state index in [1.54, 1.807) is 0 Å². The van der Waals surface area contributed by atoms with Gasteiger partial charge < -0.3 is 15.2 Å². The monoisotopic (exact) mass is 286 g/mol. The minimum absolute atomic E-state index is 0.0194. The van der Waals surface area contributed by atoms with Gasteiger partial charge in [-0.3, -0.25) is 4.79 Å². The normalized spacial score (nSPS) is 10.1. The summed E-state index contributed by atoms with van der Waals surface area (Å²) in [5, 5.41) is 12.6. The molecule has 0 spiro atoms. The van der Waals surface area contributed by atoms with Crippen LogP contribution in [0.5, 0.6) is 11.5 Å². The van der Waals surface area contributed by atoms with E-state index in [2.05, 4.69) is 22.4 Å². The van der Waals surface area contributed by atoms with Gasteiger partial charge in [-0.25, -0.2) is 4.98 Å². The summed E-state index contributed by atoms with van der Waals surface area (Å²) in [5.41, 5.74) is 1.21. The first-order chi connectivity index (χ1) is 10.2. The maximum Gasteiger partial charge on any atom is 0.273 e. The first-order valence-electron chi connectivity index (χ1n) is 6.76. The first kappa shape index (κ1) is 14.8. The van der Waals surface area contributed by atoms with Crippen LogP contribution in [0.25, 0.3) is 0 Å². The van der Waals surface area contributed by atoms with Gasteiger partial charge in [0.1, 0.15) is 0 Å². The summed E-state index contributed by atoms with van der Waals surface area (Å²) in [6.07, 6.45) is 3.14. The molecule has 110 valence electrons. The lowest BCUT2D eigenvalue weighted by atomic mass is 10.1. The molecule has 0 aliphatic carbocycles. The molecule has 0 fully saturated rings. The number of hydrogen-bond donors (Lipinski definition) is 2. The van der Waals surface area contributed by atoms with Crippen LogP contribution >= 0.6 is 0 Å². The summed E-state index contributed by atoms with van der Waals surface area (Å²) in [7, 11) is 1.43. The Morgan fingerprint density at radius 3 is 2.76 bits per heavy atom. The van der Waals surface area contributed by atoms with Crippen LogP contribution < -0.4 is 10.1 Å². The quantitative estimate of drug-likeness (QED) is 0.798. The third-order valence-electron chi connectivity index (χ3n) is 3.09. The Morgan fingerprint density at radius 1 is 1.29 bits per heavy atom. The van der Waals surface area contributed by atoms with Gasteiger partial charge in [0.15, 0.2) is 17.2 Å². The molecule has 1 heterocycles. The first-order valence-corrected chi connectivity index (χ1v) is 6.76. The van der Waals surface area contributed by atoms with Gasteiger partial charge in [0.2, 0.25) is 0 Å². The lowest BCUT2D eigenvalue weighted by Gasteiger charge is -2.08. The Hall–Kier alpha value is -2.56. The van der Waals surface area contributed by atoms with E-state index in [1.807, 2.05) is 18.2 Å². The summed E-state index contributed by atoms with van der Waals surface area (Å²) in [6, 6.07) is 11.6. The predicted octanol–water partition coefficient (Wildman–Crippen LogP) is 2.16. The number of carbonyl (C=O) groups excluding carboxylic acids is 1. The van der Waals surface area contributed by atoms with E-state index >= 15 is 0 Å². The minimum Gasteiger partial charge on any atom is -0.503 e. The largest absolute Gasteiger partial charge is 0.503 e. The second-order valence-corrected chi connectivity index (χ2v) is 4.56. The Balaban J connectivity index is 1.85. The van der Waals surface area contributed by atoms with Crippen molar-refractivity contribution in [2.45, 2.75) is 12.8 Å². The molecule has 1 amide bonds. The number of aromatic hydroxyl groups is 1. The van der Waals surface area contributed by atoms with Gasteiger partial charge in [-0.15, -0.1) is 0 Å².